The van der Waals surface area contributed by atoms with Crippen LogP contribution < -0.4 is 0 Å². The number of carbonyl (C=O) groups excluding carboxylic acids is 2. The third-order valence-electron chi connectivity index (χ3n) is 3.96. The molecule has 3 N–H and O–H groups in total. The number of Topliss-reactive ketones (excluding diaryl/α,β-unsaturated/α-hetero) is 1. The first-order valence-corrected chi connectivity index (χ1v) is 8.07. The van der Waals surface area contributed by atoms with Crippen molar-refractivity contribution in [2.75, 3.05) is 0 Å². The average molecular weight is 381 g/mol. The highest BCUT2D eigenvalue weighted by Crippen LogP contribution is 2.19. The number of aromatic nitrogens is 5. The maximum Gasteiger partial charge on any atom is 0.352 e. The molecule has 2 aromatic heterocycles. The number of rotatable bonds is 7. The molecule has 0 bridgehead atoms. The standard InChI is InChI=1S/C18H15N5O5/c1-10(24)12-4-2-11(3-5-12)8-23-9-13(6-14(23)18(27)28)15(25)7-16(26)17-19-21-22-20-17/h2-7,9,25H,8H2,1H3,(H,27,28)(H,19,20,21,22). The van der Waals surface area contributed by atoms with Crippen molar-refractivity contribution in [3.63, 3.8) is 0 Å². The van der Waals surface area contributed by atoms with Crippen LogP contribution in [0.25, 0.3) is 5.76 Å². The highest BCUT2D eigenvalue weighted by molar-refractivity contribution is 6.05. The molecular weight excluding hydrogens is 366 g/mol. The van der Waals surface area contributed by atoms with Gasteiger partial charge in [0.15, 0.2) is 5.78 Å². The molecule has 142 valence electrons. The Labute approximate surface area is 158 Å². The van der Waals surface area contributed by atoms with Crippen LogP contribution in [0.5, 0.6) is 0 Å². The van der Waals surface area contributed by atoms with E-state index in [4.69, 9.17) is 0 Å². The van der Waals surface area contributed by atoms with E-state index in [0.717, 1.165) is 11.6 Å². The van der Waals surface area contributed by atoms with Crippen molar-refractivity contribution in [2.45, 2.75) is 13.5 Å². The van der Waals surface area contributed by atoms with Crippen LogP contribution in [0.15, 0.2) is 42.6 Å². The smallest absolute Gasteiger partial charge is 0.352 e. The Morgan fingerprint density at radius 2 is 1.86 bits per heavy atom. The molecular formula is C18H15N5O5. The van der Waals surface area contributed by atoms with Gasteiger partial charge in [-0.1, -0.05) is 24.3 Å². The van der Waals surface area contributed by atoms with Crippen molar-refractivity contribution in [1.82, 2.24) is 25.2 Å². The number of aromatic amines is 1. The molecule has 0 aliphatic carbocycles. The van der Waals surface area contributed by atoms with Crippen molar-refractivity contribution < 1.29 is 24.6 Å². The summed E-state index contributed by atoms with van der Waals surface area (Å²) in [7, 11) is 0. The molecule has 0 amide bonds. The predicted molar refractivity (Wildman–Crippen MR) is 96.1 cm³/mol. The summed E-state index contributed by atoms with van der Waals surface area (Å²) < 4.78 is 1.42. The van der Waals surface area contributed by atoms with Crippen LogP contribution >= 0.6 is 0 Å². The van der Waals surface area contributed by atoms with Crippen LogP contribution in [-0.2, 0) is 6.54 Å². The molecule has 0 unspecified atom stereocenters. The van der Waals surface area contributed by atoms with Gasteiger partial charge in [-0.3, -0.25) is 9.59 Å². The van der Waals surface area contributed by atoms with Crippen molar-refractivity contribution in [3.05, 3.63) is 70.8 Å². The molecule has 1 aromatic carbocycles. The number of ketones is 2. The number of nitrogens with one attached hydrogen (secondary N) is 1. The van der Waals surface area contributed by atoms with E-state index in [2.05, 4.69) is 20.6 Å². The van der Waals surface area contributed by atoms with E-state index in [1.807, 2.05) is 0 Å². The Morgan fingerprint density at radius 3 is 2.43 bits per heavy atom. The predicted octanol–water partition coefficient (Wildman–Crippen LogP) is 1.73. The molecule has 0 aliphatic heterocycles. The number of carbonyl (C=O) groups is 3. The Hall–Kier alpha value is -4.08. The number of H-pyrrole nitrogens is 1. The van der Waals surface area contributed by atoms with E-state index < -0.39 is 17.5 Å². The number of tetrazole rings is 1. The van der Waals surface area contributed by atoms with Crippen molar-refractivity contribution in [2.24, 2.45) is 0 Å². The maximum absolute atomic E-state index is 11.9. The summed E-state index contributed by atoms with van der Waals surface area (Å²) in [6.07, 6.45) is 2.30. The van der Waals surface area contributed by atoms with Gasteiger partial charge in [0.25, 0.3) is 0 Å². The lowest BCUT2D eigenvalue weighted by Gasteiger charge is -2.07. The molecule has 0 aliphatic rings. The fourth-order valence-corrected chi connectivity index (χ4v) is 2.54. The zero-order valence-electron chi connectivity index (χ0n) is 14.7. The molecule has 0 saturated carbocycles. The number of nitrogens with zero attached hydrogens (tertiary/aromatic N) is 4. The third kappa shape index (κ3) is 4.01. The van der Waals surface area contributed by atoms with E-state index in [1.54, 1.807) is 24.3 Å². The molecule has 0 radical (unpaired) electrons. The zero-order valence-corrected chi connectivity index (χ0v) is 14.7. The summed E-state index contributed by atoms with van der Waals surface area (Å²) in [5, 5.41) is 32.0. The summed E-state index contributed by atoms with van der Waals surface area (Å²) in [6, 6.07) is 8.00. The molecule has 0 atom stereocenters. The fraction of sp³-hybridized carbons (Fsp3) is 0.111. The van der Waals surface area contributed by atoms with Gasteiger partial charge < -0.3 is 14.8 Å². The minimum Gasteiger partial charge on any atom is -0.507 e. The molecule has 10 nitrogen and oxygen atoms in total. The first kappa shape index (κ1) is 18.7. The normalized spacial score (nSPS) is 11.4. The van der Waals surface area contributed by atoms with Crippen LogP contribution in [0.1, 0.15) is 49.5 Å². The molecule has 0 spiro atoms. The minimum atomic E-state index is -1.19. The first-order chi connectivity index (χ1) is 13.3. The number of carboxylic acid groups (broad SMARTS) is 1. The van der Waals surface area contributed by atoms with Crippen molar-refractivity contribution in [1.29, 1.82) is 0 Å². The van der Waals surface area contributed by atoms with Gasteiger partial charge in [-0.2, -0.15) is 5.21 Å². The molecule has 0 saturated heterocycles. The molecule has 0 fully saturated rings. The summed E-state index contributed by atoms with van der Waals surface area (Å²) in [4.78, 5) is 34.8. The van der Waals surface area contributed by atoms with Crippen LogP contribution in [0.3, 0.4) is 0 Å². The van der Waals surface area contributed by atoms with Crippen LogP contribution in [-0.4, -0.2) is 52.9 Å². The lowest BCUT2D eigenvalue weighted by Crippen LogP contribution is -2.08. The van der Waals surface area contributed by atoms with Gasteiger partial charge in [0, 0.05) is 29.9 Å². The molecule has 3 rings (SSSR count). The minimum absolute atomic E-state index is 0.0673. The van der Waals surface area contributed by atoms with Gasteiger partial charge in [0.2, 0.25) is 11.6 Å². The quantitative estimate of drug-likeness (QED) is 0.318. The Morgan fingerprint density at radius 1 is 1.14 bits per heavy atom. The van der Waals surface area contributed by atoms with Crippen LogP contribution in [0.2, 0.25) is 0 Å². The number of benzene rings is 1. The second-order valence-electron chi connectivity index (χ2n) is 5.93. The van der Waals surface area contributed by atoms with E-state index in [-0.39, 0.29) is 29.4 Å². The Bertz CT molecular complexity index is 1060. The zero-order chi connectivity index (χ0) is 20.3. The Kier molecular flexibility index (Phi) is 5.12. The van der Waals surface area contributed by atoms with Crippen LogP contribution in [0, 0.1) is 0 Å². The monoisotopic (exact) mass is 381 g/mol. The van der Waals surface area contributed by atoms with Gasteiger partial charge in [-0.15, -0.1) is 10.2 Å². The molecule has 10 heteroatoms. The van der Waals surface area contributed by atoms with Gasteiger partial charge in [0.1, 0.15) is 11.5 Å². The highest BCUT2D eigenvalue weighted by atomic mass is 16.4. The highest BCUT2D eigenvalue weighted by Gasteiger charge is 2.17. The van der Waals surface area contributed by atoms with E-state index in [0.29, 0.717) is 5.56 Å². The summed E-state index contributed by atoms with van der Waals surface area (Å²) in [5.74, 6) is -2.60. The van der Waals surface area contributed by atoms with Crippen molar-refractivity contribution in [3.8, 4) is 0 Å². The van der Waals surface area contributed by atoms with Gasteiger partial charge >= 0.3 is 5.97 Å². The summed E-state index contributed by atoms with van der Waals surface area (Å²) in [6.45, 7) is 1.66. The van der Waals surface area contributed by atoms with Crippen LogP contribution in [0.4, 0.5) is 0 Å². The number of hydrogen-bond donors (Lipinski definition) is 3. The fourth-order valence-electron chi connectivity index (χ4n) is 2.54. The third-order valence-corrected chi connectivity index (χ3v) is 3.96. The SMILES string of the molecule is CC(=O)c1ccc(Cn2cc(C(O)=CC(=O)c3nn[nH]n3)cc2C(=O)O)cc1. The van der Waals surface area contributed by atoms with E-state index in [9.17, 15) is 24.6 Å². The first-order valence-electron chi connectivity index (χ1n) is 8.07. The summed E-state index contributed by atoms with van der Waals surface area (Å²) >= 11 is 0. The number of allylic oxidation sites excluding steroid dienone is 1. The van der Waals surface area contributed by atoms with Gasteiger partial charge in [0.05, 0.1) is 0 Å². The van der Waals surface area contributed by atoms with E-state index >= 15 is 0 Å². The number of aromatic carboxylic acids is 1. The number of carboxylic acids is 1. The second-order valence-corrected chi connectivity index (χ2v) is 5.93. The van der Waals surface area contributed by atoms with Gasteiger partial charge in [-0.05, 0) is 23.8 Å². The topological polar surface area (TPSA) is 151 Å². The lowest BCUT2D eigenvalue weighted by atomic mass is 10.1. The average Bonchev–Trinajstić information content (AvgIpc) is 3.32. The van der Waals surface area contributed by atoms with Crippen molar-refractivity contribution >= 4 is 23.3 Å². The lowest BCUT2D eigenvalue weighted by molar-refractivity contribution is 0.0685. The second kappa shape index (κ2) is 7.66. The molecule has 3 aromatic rings. The number of aliphatic hydroxyl groups excluding tert-OH is 1. The molecule has 28 heavy (non-hydrogen) atoms. The largest absolute Gasteiger partial charge is 0.507 e. The Balaban J connectivity index is 1.88. The number of aliphatic hydroxyl groups is 1. The summed E-state index contributed by atoms with van der Waals surface area (Å²) in [5.41, 5.74) is 1.39. The number of hydrogen-bond acceptors (Lipinski definition) is 7. The van der Waals surface area contributed by atoms with Gasteiger partial charge in [-0.25, -0.2) is 4.79 Å². The maximum atomic E-state index is 11.9. The van der Waals surface area contributed by atoms with E-state index in [1.165, 1.54) is 23.8 Å². The molecule has 2 heterocycles.